The molecule has 2 aromatic rings. The molecule has 1 aromatic carbocycles. The summed E-state index contributed by atoms with van der Waals surface area (Å²) in [5, 5.41) is 7.90. The number of nitrogens with one attached hydrogen (secondary N) is 2. The zero-order valence-corrected chi connectivity index (χ0v) is 16.8. The van der Waals surface area contributed by atoms with Crippen LogP contribution in [0.4, 0.5) is 5.00 Å². The van der Waals surface area contributed by atoms with Gasteiger partial charge >= 0.3 is 5.97 Å². The zero-order valence-electron chi connectivity index (χ0n) is 16.0. The molecule has 1 saturated carbocycles. The number of amides is 2. The number of thiophene rings is 1. The van der Waals surface area contributed by atoms with Crippen molar-refractivity contribution in [1.82, 2.24) is 5.32 Å². The number of anilines is 1. The molecule has 0 spiro atoms. The van der Waals surface area contributed by atoms with Gasteiger partial charge in [0.1, 0.15) is 10.6 Å². The summed E-state index contributed by atoms with van der Waals surface area (Å²) < 4.78 is 5.26. The molecule has 1 atom stereocenters. The van der Waals surface area contributed by atoms with Gasteiger partial charge in [0.05, 0.1) is 0 Å². The molecule has 6 nitrogen and oxygen atoms in total. The van der Waals surface area contributed by atoms with E-state index < -0.39 is 5.97 Å². The summed E-state index contributed by atoms with van der Waals surface area (Å²) in [6, 6.07) is 9.44. The van der Waals surface area contributed by atoms with Crippen LogP contribution in [0.1, 0.15) is 43.5 Å². The molecule has 3 rings (SSSR count). The van der Waals surface area contributed by atoms with E-state index in [1.165, 1.54) is 11.3 Å². The van der Waals surface area contributed by atoms with Crippen LogP contribution in [0, 0.1) is 5.92 Å². The van der Waals surface area contributed by atoms with E-state index in [-0.39, 0.29) is 30.4 Å². The van der Waals surface area contributed by atoms with Crippen molar-refractivity contribution in [1.29, 1.82) is 0 Å². The van der Waals surface area contributed by atoms with Crippen LogP contribution in [-0.4, -0.2) is 30.4 Å². The van der Waals surface area contributed by atoms with Gasteiger partial charge in [0.2, 0.25) is 5.91 Å². The molecular formula is C21H24N2O4S. The lowest BCUT2D eigenvalue weighted by Crippen LogP contribution is -2.35. The molecule has 0 radical (unpaired) electrons. The van der Waals surface area contributed by atoms with Gasteiger partial charge in [-0.3, -0.25) is 9.59 Å². The van der Waals surface area contributed by atoms with E-state index in [0.717, 1.165) is 24.8 Å². The van der Waals surface area contributed by atoms with E-state index in [2.05, 4.69) is 10.6 Å². The van der Waals surface area contributed by atoms with Crippen LogP contribution < -0.4 is 10.6 Å². The second kappa shape index (κ2) is 9.01. The summed E-state index contributed by atoms with van der Waals surface area (Å²) in [4.78, 5) is 36.9. The van der Waals surface area contributed by atoms with E-state index in [4.69, 9.17) is 4.74 Å². The average Bonchev–Trinajstić information content (AvgIpc) is 3.47. The maximum Gasteiger partial charge on any atom is 0.342 e. The molecule has 148 valence electrons. The highest BCUT2D eigenvalue weighted by Gasteiger charge is 2.32. The second-order valence-corrected chi connectivity index (χ2v) is 7.82. The summed E-state index contributed by atoms with van der Waals surface area (Å²) in [5.41, 5.74) is 1.83. The first kappa shape index (κ1) is 20.1. The van der Waals surface area contributed by atoms with Crippen LogP contribution >= 0.6 is 11.3 Å². The van der Waals surface area contributed by atoms with Crippen molar-refractivity contribution in [3.8, 4) is 11.1 Å². The molecular weight excluding hydrogens is 376 g/mol. The fourth-order valence-corrected chi connectivity index (χ4v) is 3.62. The summed E-state index contributed by atoms with van der Waals surface area (Å²) in [6.45, 7) is 3.49. The predicted octanol–water partition coefficient (Wildman–Crippen LogP) is 3.84. The molecule has 0 saturated heterocycles. The third-order valence-electron chi connectivity index (χ3n) is 4.62. The lowest BCUT2D eigenvalue weighted by molar-refractivity contribution is -0.124. The Morgan fingerprint density at radius 3 is 2.57 bits per heavy atom. The Balaban J connectivity index is 1.79. The molecule has 0 aliphatic heterocycles. The lowest BCUT2D eigenvalue weighted by Gasteiger charge is -2.12. The second-order valence-electron chi connectivity index (χ2n) is 6.94. The molecule has 2 amide bonds. The standard InChI is InChI=1S/C21H24N2O4S/c1-3-13(2)22-17(24)11-27-21(26)18-16(14-7-5-4-6-8-14)12-28-20(18)23-19(25)15-9-10-15/h4-8,12-13,15H,3,9-11H2,1-2H3,(H,22,24)(H,23,25)/t13-/m0/s1. The van der Waals surface area contributed by atoms with Gasteiger partial charge < -0.3 is 15.4 Å². The van der Waals surface area contributed by atoms with Crippen LogP contribution in [0.25, 0.3) is 11.1 Å². The monoisotopic (exact) mass is 400 g/mol. The van der Waals surface area contributed by atoms with Gasteiger partial charge in [-0.1, -0.05) is 37.3 Å². The third kappa shape index (κ3) is 4.98. The fourth-order valence-electron chi connectivity index (χ4n) is 2.66. The highest BCUT2D eigenvalue weighted by Crippen LogP contribution is 2.38. The Kier molecular flexibility index (Phi) is 6.46. The Bertz CT molecular complexity index is 859. The number of ether oxygens (including phenoxy) is 1. The first-order chi connectivity index (χ1) is 13.5. The Hall–Kier alpha value is -2.67. The van der Waals surface area contributed by atoms with Gasteiger partial charge in [0.15, 0.2) is 6.61 Å². The Morgan fingerprint density at radius 2 is 1.93 bits per heavy atom. The number of rotatable bonds is 8. The van der Waals surface area contributed by atoms with Crippen molar-refractivity contribution in [2.75, 3.05) is 11.9 Å². The number of carbonyl (C=O) groups is 3. The molecule has 1 aliphatic rings. The van der Waals surface area contributed by atoms with Crippen LogP contribution in [-0.2, 0) is 14.3 Å². The van der Waals surface area contributed by atoms with Crippen molar-refractivity contribution in [2.45, 2.75) is 39.2 Å². The quantitative estimate of drug-likeness (QED) is 0.660. The van der Waals surface area contributed by atoms with E-state index in [9.17, 15) is 14.4 Å². The number of benzene rings is 1. The third-order valence-corrected chi connectivity index (χ3v) is 5.51. The van der Waals surface area contributed by atoms with E-state index in [1.807, 2.05) is 49.6 Å². The van der Waals surface area contributed by atoms with Crippen molar-refractivity contribution >= 4 is 34.1 Å². The van der Waals surface area contributed by atoms with E-state index >= 15 is 0 Å². The summed E-state index contributed by atoms with van der Waals surface area (Å²) in [5.74, 6) is -1.02. The number of hydrogen-bond acceptors (Lipinski definition) is 5. The van der Waals surface area contributed by atoms with Crippen LogP contribution in [0.3, 0.4) is 0 Å². The van der Waals surface area contributed by atoms with Gasteiger partial charge in [-0.05, 0) is 31.7 Å². The summed E-state index contributed by atoms with van der Waals surface area (Å²) in [6.07, 6.45) is 2.54. The molecule has 1 heterocycles. The van der Waals surface area contributed by atoms with Gasteiger partial charge in [0, 0.05) is 22.9 Å². The van der Waals surface area contributed by atoms with Crippen molar-refractivity contribution in [2.24, 2.45) is 5.92 Å². The van der Waals surface area contributed by atoms with Crippen LogP contribution in [0.2, 0.25) is 0 Å². The number of carbonyl (C=O) groups excluding carboxylic acids is 3. The van der Waals surface area contributed by atoms with Gasteiger partial charge in [-0.2, -0.15) is 0 Å². The Labute approximate surface area is 168 Å². The normalized spacial score (nSPS) is 14.2. The smallest absolute Gasteiger partial charge is 0.342 e. The Morgan fingerprint density at radius 1 is 1.21 bits per heavy atom. The minimum absolute atomic E-state index is 0.0145. The molecule has 1 aliphatic carbocycles. The highest BCUT2D eigenvalue weighted by molar-refractivity contribution is 7.15. The SMILES string of the molecule is CC[C@H](C)NC(=O)COC(=O)c1c(-c2ccccc2)csc1NC(=O)C1CC1. The molecule has 7 heteroatoms. The fraction of sp³-hybridized carbons (Fsp3) is 0.381. The molecule has 1 fully saturated rings. The maximum absolute atomic E-state index is 12.8. The zero-order chi connectivity index (χ0) is 20.1. The maximum atomic E-state index is 12.8. The van der Waals surface area contributed by atoms with Crippen molar-refractivity contribution in [3.63, 3.8) is 0 Å². The van der Waals surface area contributed by atoms with Crippen molar-refractivity contribution in [3.05, 3.63) is 41.3 Å². The topological polar surface area (TPSA) is 84.5 Å². The van der Waals surface area contributed by atoms with Gasteiger partial charge in [0.25, 0.3) is 5.91 Å². The summed E-state index contributed by atoms with van der Waals surface area (Å²) in [7, 11) is 0. The molecule has 0 bridgehead atoms. The van der Waals surface area contributed by atoms with Crippen LogP contribution in [0.15, 0.2) is 35.7 Å². The van der Waals surface area contributed by atoms with Gasteiger partial charge in [-0.15, -0.1) is 11.3 Å². The first-order valence-electron chi connectivity index (χ1n) is 9.43. The van der Waals surface area contributed by atoms with E-state index in [1.54, 1.807) is 0 Å². The minimum Gasteiger partial charge on any atom is -0.452 e. The lowest BCUT2D eigenvalue weighted by atomic mass is 10.0. The van der Waals surface area contributed by atoms with Crippen LogP contribution in [0.5, 0.6) is 0 Å². The summed E-state index contributed by atoms with van der Waals surface area (Å²) >= 11 is 1.29. The average molecular weight is 401 g/mol. The number of esters is 1. The molecule has 28 heavy (non-hydrogen) atoms. The van der Waals surface area contributed by atoms with Crippen molar-refractivity contribution < 1.29 is 19.1 Å². The molecule has 2 N–H and O–H groups in total. The number of hydrogen-bond donors (Lipinski definition) is 2. The van der Waals surface area contributed by atoms with Gasteiger partial charge in [-0.25, -0.2) is 4.79 Å². The highest BCUT2D eigenvalue weighted by atomic mass is 32.1. The first-order valence-corrected chi connectivity index (χ1v) is 10.3. The minimum atomic E-state index is -0.620. The van der Waals surface area contributed by atoms with E-state index in [0.29, 0.717) is 16.1 Å². The predicted molar refractivity (Wildman–Crippen MR) is 109 cm³/mol. The molecule has 0 unspecified atom stereocenters. The molecule has 1 aromatic heterocycles. The largest absolute Gasteiger partial charge is 0.452 e.